The zero-order chi connectivity index (χ0) is 25.2. The fraction of sp³-hybridized carbons (Fsp3) is 0.111. The van der Waals surface area contributed by atoms with Gasteiger partial charge in [-0.05, 0) is 77.9 Å². The average Bonchev–Trinajstić information content (AvgIpc) is 2.91. The van der Waals surface area contributed by atoms with Crippen LogP contribution in [0.3, 0.4) is 0 Å². The summed E-state index contributed by atoms with van der Waals surface area (Å²) >= 11 is 0. The third-order valence-corrected chi connectivity index (χ3v) is 6.01. The van der Waals surface area contributed by atoms with Crippen LogP contribution in [0.5, 0.6) is 0 Å². The number of hydrogen-bond donors (Lipinski definition) is 0. The van der Waals surface area contributed by atoms with Gasteiger partial charge >= 0.3 is 0 Å². The van der Waals surface area contributed by atoms with Crippen LogP contribution in [0.2, 0.25) is 0 Å². The van der Waals surface area contributed by atoms with Crippen molar-refractivity contribution in [1.82, 2.24) is 19.5 Å². The molecular weight excluding hydrogens is 467 g/mol. The average molecular weight is 487 g/mol. The van der Waals surface area contributed by atoms with Crippen molar-refractivity contribution in [1.29, 1.82) is 0 Å². The number of rotatable bonds is 6. The molecule has 0 saturated heterocycles. The van der Waals surface area contributed by atoms with Gasteiger partial charge in [0.2, 0.25) is 0 Å². The first-order valence-corrected chi connectivity index (χ1v) is 11.1. The van der Waals surface area contributed by atoms with Gasteiger partial charge < -0.3 is 4.90 Å². The van der Waals surface area contributed by atoms with Crippen molar-refractivity contribution < 1.29 is 13.2 Å². The SMILES string of the molecule is CN(c1ccc(F)cc1)c1ccc2nc(C(F)F)n(C(c3ccncc3)c3ccncc3)c(=O)c2c1. The zero-order valence-electron chi connectivity index (χ0n) is 19.1. The van der Waals surface area contributed by atoms with Crippen LogP contribution >= 0.6 is 0 Å². The largest absolute Gasteiger partial charge is 0.345 e. The summed E-state index contributed by atoms with van der Waals surface area (Å²) in [5.41, 5.74) is 2.06. The standard InChI is InChI=1S/C27H20F3N5O/c1-34(20-4-2-19(28)3-5-20)21-6-7-23-22(16-21)27(36)35(26(33-23)25(29)30)24(17-8-12-31-13-9-17)18-10-14-32-15-11-18/h2-16,24-25H,1H3. The Morgan fingerprint density at radius 2 is 1.36 bits per heavy atom. The second kappa shape index (κ2) is 9.61. The lowest BCUT2D eigenvalue weighted by atomic mass is 9.99. The molecule has 5 aromatic rings. The van der Waals surface area contributed by atoms with E-state index < -0.39 is 23.9 Å². The monoisotopic (exact) mass is 487 g/mol. The Balaban J connectivity index is 1.74. The molecule has 36 heavy (non-hydrogen) atoms. The van der Waals surface area contributed by atoms with E-state index in [-0.39, 0.29) is 16.7 Å². The maximum absolute atomic E-state index is 14.3. The predicted octanol–water partition coefficient (Wildman–Crippen LogP) is 5.67. The predicted molar refractivity (Wildman–Crippen MR) is 131 cm³/mol. The fourth-order valence-electron chi connectivity index (χ4n) is 4.21. The lowest BCUT2D eigenvalue weighted by molar-refractivity contribution is 0.133. The number of alkyl halides is 2. The molecule has 0 amide bonds. The van der Waals surface area contributed by atoms with Crippen LogP contribution in [0.25, 0.3) is 10.9 Å². The first kappa shape index (κ1) is 23.2. The van der Waals surface area contributed by atoms with Crippen LogP contribution in [-0.2, 0) is 0 Å². The Bertz CT molecular complexity index is 1520. The molecule has 0 spiro atoms. The summed E-state index contributed by atoms with van der Waals surface area (Å²) in [5.74, 6) is -0.999. The van der Waals surface area contributed by atoms with E-state index in [2.05, 4.69) is 15.0 Å². The smallest absolute Gasteiger partial charge is 0.295 e. The molecule has 5 rings (SSSR count). The minimum absolute atomic E-state index is 0.158. The molecule has 6 nitrogen and oxygen atoms in total. The van der Waals surface area contributed by atoms with Crippen molar-refractivity contribution in [3.8, 4) is 0 Å². The first-order chi connectivity index (χ1) is 17.4. The second-order valence-corrected chi connectivity index (χ2v) is 8.15. The number of hydrogen-bond acceptors (Lipinski definition) is 5. The van der Waals surface area contributed by atoms with Crippen molar-refractivity contribution in [2.45, 2.75) is 12.5 Å². The third-order valence-electron chi connectivity index (χ3n) is 6.01. The minimum atomic E-state index is -2.99. The third kappa shape index (κ3) is 4.31. The van der Waals surface area contributed by atoms with Crippen LogP contribution < -0.4 is 10.5 Å². The molecule has 0 N–H and O–H groups in total. The van der Waals surface area contributed by atoms with Crippen LogP contribution in [0.4, 0.5) is 24.5 Å². The number of nitrogens with zero attached hydrogens (tertiary/aromatic N) is 5. The van der Waals surface area contributed by atoms with E-state index >= 15 is 0 Å². The maximum Gasteiger partial charge on any atom is 0.295 e. The van der Waals surface area contributed by atoms with E-state index in [4.69, 9.17) is 0 Å². The Morgan fingerprint density at radius 1 is 0.806 bits per heavy atom. The summed E-state index contributed by atoms with van der Waals surface area (Å²) in [6, 6.07) is 16.6. The van der Waals surface area contributed by atoms with Gasteiger partial charge in [0.25, 0.3) is 12.0 Å². The highest BCUT2D eigenvalue weighted by molar-refractivity contribution is 5.83. The Hall–Kier alpha value is -4.53. The van der Waals surface area contributed by atoms with Crippen LogP contribution in [-0.4, -0.2) is 26.6 Å². The molecule has 0 unspecified atom stereocenters. The first-order valence-electron chi connectivity index (χ1n) is 11.1. The van der Waals surface area contributed by atoms with Crippen molar-refractivity contribution in [3.05, 3.63) is 125 Å². The highest BCUT2D eigenvalue weighted by atomic mass is 19.3. The zero-order valence-corrected chi connectivity index (χ0v) is 19.1. The maximum atomic E-state index is 14.3. The molecule has 180 valence electrons. The quantitative estimate of drug-likeness (QED) is 0.309. The molecule has 0 bridgehead atoms. The molecule has 3 heterocycles. The van der Waals surface area contributed by atoms with E-state index in [1.807, 2.05) is 0 Å². The Kier molecular flexibility index (Phi) is 6.20. The van der Waals surface area contributed by atoms with Gasteiger partial charge in [-0.2, -0.15) is 0 Å². The van der Waals surface area contributed by atoms with Gasteiger partial charge in [-0.3, -0.25) is 19.3 Å². The summed E-state index contributed by atoms with van der Waals surface area (Å²) in [6.45, 7) is 0. The molecule has 0 radical (unpaired) electrons. The second-order valence-electron chi connectivity index (χ2n) is 8.15. The van der Waals surface area contributed by atoms with Crippen molar-refractivity contribution >= 4 is 22.3 Å². The molecule has 0 aliphatic carbocycles. The van der Waals surface area contributed by atoms with Gasteiger partial charge in [-0.1, -0.05) is 0 Å². The molecule has 0 saturated carbocycles. The molecule has 3 aromatic heterocycles. The highest BCUT2D eigenvalue weighted by Crippen LogP contribution is 2.31. The van der Waals surface area contributed by atoms with E-state index in [1.165, 1.54) is 18.2 Å². The minimum Gasteiger partial charge on any atom is -0.345 e. The summed E-state index contributed by atoms with van der Waals surface area (Å²) < 4.78 is 43.0. The molecule has 9 heteroatoms. The van der Waals surface area contributed by atoms with Crippen LogP contribution in [0.15, 0.2) is 96.3 Å². The summed E-state index contributed by atoms with van der Waals surface area (Å²) in [6.07, 6.45) is 3.18. The van der Waals surface area contributed by atoms with Crippen LogP contribution in [0.1, 0.15) is 29.4 Å². The summed E-state index contributed by atoms with van der Waals surface area (Å²) in [4.78, 5) is 27.9. The number of fused-ring (bicyclic) bond motifs is 1. The number of halogens is 3. The topological polar surface area (TPSA) is 63.9 Å². The number of benzene rings is 2. The molecule has 0 atom stereocenters. The van der Waals surface area contributed by atoms with Crippen molar-refractivity contribution in [2.75, 3.05) is 11.9 Å². The van der Waals surface area contributed by atoms with Gasteiger partial charge in [0.1, 0.15) is 5.82 Å². The van der Waals surface area contributed by atoms with Gasteiger partial charge in [0, 0.05) is 43.2 Å². The molecule has 0 aliphatic rings. The lowest BCUT2D eigenvalue weighted by Gasteiger charge is -2.24. The van der Waals surface area contributed by atoms with Crippen LogP contribution in [0, 0.1) is 5.82 Å². The molecule has 0 fully saturated rings. The molecular formula is C27H20F3N5O. The lowest BCUT2D eigenvalue weighted by Crippen LogP contribution is -2.31. The Labute approximate surface area is 204 Å². The normalized spacial score (nSPS) is 11.4. The number of aromatic nitrogens is 4. The fourth-order valence-corrected chi connectivity index (χ4v) is 4.21. The van der Waals surface area contributed by atoms with E-state index in [0.717, 1.165) is 4.57 Å². The van der Waals surface area contributed by atoms with E-state index in [0.29, 0.717) is 22.5 Å². The van der Waals surface area contributed by atoms with Gasteiger partial charge in [0.15, 0.2) is 5.82 Å². The van der Waals surface area contributed by atoms with Crippen molar-refractivity contribution in [3.63, 3.8) is 0 Å². The summed E-state index contributed by atoms with van der Waals surface area (Å²) in [7, 11) is 1.77. The van der Waals surface area contributed by atoms with Gasteiger partial charge in [0.05, 0.1) is 16.9 Å². The number of anilines is 2. The highest BCUT2D eigenvalue weighted by Gasteiger charge is 2.27. The summed E-state index contributed by atoms with van der Waals surface area (Å²) in [5, 5.41) is 0.180. The van der Waals surface area contributed by atoms with Gasteiger partial charge in [-0.15, -0.1) is 0 Å². The van der Waals surface area contributed by atoms with Crippen molar-refractivity contribution in [2.24, 2.45) is 0 Å². The van der Waals surface area contributed by atoms with E-state index in [9.17, 15) is 18.0 Å². The van der Waals surface area contributed by atoms with E-state index in [1.54, 1.807) is 85.3 Å². The van der Waals surface area contributed by atoms with Gasteiger partial charge in [-0.25, -0.2) is 18.2 Å². The molecule has 2 aromatic carbocycles. The Morgan fingerprint density at radius 3 is 1.92 bits per heavy atom. The number of pyridine rings is 2. The molecule has 0 aliphatic heterocycles.